The lowest BCUT2D eigenvalue weighted by Gasteiger charge is -1.99. The van der Waals surface area contributed by atoms with Crippen molar-refractivity contribution in [3.63, 3.8) is 0 Å². The second kappa shape index (κ2) is 5.16. The van der Waals surface area contributed by atoms with Crippen molar-refractivity contribution in [1.29, 1.82) is 0 Å². The number of methoxy groups -OCH3 is 1. The smallest absolute Gasteiger partial charge is 0.303 e. The van der Waals surface area contributed by atoms with E-state index in [0.29, 0.717) is 18.7 Å². The third kappa shape index (κ3) is 3.38. The molecule has 0 atom stereocenters. The number of nitrogens with zero attached hydrogens (tertiary/aromatic N) is 2. The summed E-state index contributed by atoms with van der Waals surface area (Å²) in [6.07, 6.45) is 1.37. The Kier molecular flexibility index (Phi) is 3.84. The monoisotopic (exact) mass is 196 g/mol. The number of aliphatic carboxylic acids is 1. The molecule has 0 spiro atoms. The van der Waals surface area contributed by atoms with Crippen molar-refractivity contribution in [3.8, 4) is 5.88 Å². The van der Waals surface area contributed by atoms with Crippen molar-refractivity contribution in [3.05, 3.63) is 17.8 Å². The Morgan fingerprint density at radius 3 is 2.79 bits per heavy atom. The zero-order chi connectivity index (χ0) is 10.4. The summed E-state index contributed by atoms with van der Waals surface area (Å²) in [5.41, 5.74) is 0.784. The quantitative estimate of drug-likeness (QED) is 0.757. The van der Waals surface area contributed by atoms with E-state index in [4.69, 9.17) is 9.84 Å². The molecule has 5 heteroatoms. The molecule has 1 heterocycles. The Labute approximate surface area is 81.7 Å². The molecule has 0 aliphatic carbocycles. The highest BCUT2D eigenvalue weighted by molar-refractivity contribution is 5.66. The first-order chi connectivity index (χ1) is 6.72. The predicted molar refractivity (Wildman–Crippen MR) is 49.2 cm³/mol. The van der Waals surface area contributed by atoms with E-state index in [2.05, 4.69) is 10.2 Å². The summed E-state index contributed by atoms with van der Waals surface area (Å²) >= 11 is 0. The predicted octanol–water partition coefficient (Wildman–Crippen LogP) is 0.892. The number of carbonyl (C=O) groups is 1. The van der Waals surface area contributed by atoms with Crippen molar-refractivity contribution >= 4 is 5.97 Å². The van der Waals surface area contributed by atoms with E-state index in [1.165, 1.54) is 7.11 Å². The van der Waals surface area contributed by atoms with Gasteiger partial charge in [0.15, 0.2) is 0 Å². The van der Waals surface area contributed by atoms with Crippen LogP contribution in [-0.4, -0.2) is 28.4 Å². The third-order valence-corrected chi connectivity index (χ3v) is 1.73. The molecule has 0 bridgehead atoms. The van der Waals surface area contributed by atoms with E-state index in [9.17, 15) is 4.79 Å². The van der Waals surface area contributed by atoms with Gasteiger partial charge in [-0.3, -0.25) is 4.79 Å². The molecule has 0 radical (unpaired) electrons. The maximum Gasteiger partial charge on any atom is 0.303 e. The molecular formula is C9H12N2O3. The fraction of sp³-hybridized carbons (Fsp3) is 0.444. The number of rotatable bonds is 5. The second-order valence-corrected chi connectivity index (χ2v) is 2.81. The van der Waals surface area contributed by atoms with Crippen LogP contribution in [0, 0.1) is 0 Å². The lowest BCUT2D eigenvalue weighted by atomic mass is 10.2. The Bertz CT molecular complexity index is 297. The van der Waals surface area contributed by atoms with Gasteiger partial charge in [0, 0.05) is 12.5 Å². The molecule has 0 aromatic carbocycles. The van der Waals surface area contributed by atoms with Gasteiger partial charge in [-0.05, 0) is 18.9 Å². The largest absolute Gasteiger partial charge is 0.481 e. The average Bonchev–Trinajstić information content (AvgIpc) is 2.18. The third-order valence-electron chi connectivity index (χ3n) is 1.73. The summed E-state index contributed by atoms with van der Waals surface area (Å²) < 4.78 is 4.84. The standard InChI is InChI=1S/C9H12N2O3/c1-14-8-6-5-7(10-11-8)3-2-4-9(12)13/h5-6H,2-4H2,1H3,(H,12,13). The summed E-state index contributed by atoms with van der Waals surface area (Å²) in [4.78, 5) is 10.2. The first-order valence-electron chi connectivity index (χ1n) is 4.31. The minimum Gasteiger partial charge on any atom is -0.481 e. The van der Waals surface area contributed by atoms with E-state index in [0.717, 1.165) is 5.69 Å². The molecule has 0 fully saturated rings. The number of hydrogen-bond donors (Lipinski definition) is 1. The summed E-state index contributed by atoms with van der Waals surface area (Å²) in [5.74, 6) is -0.321. The highest BCUT2D eigenvalue weighted by Gasteiger charge is 2.00. The SMILES string of the molecule is COc1ccc(CCCC(=O)O)nn1. The molecule has 0 unspecified atom stereocenters. The van der Waals surface area contributed by atoms with Crippen LogP contribution in [0.25, 0.3) is 0 Å². The van der Waals surface area contributed by atoms with E-state index < -0.39 is 5.97 Å². The van der Waals surface area contributed by atoms with Crippen LogP contribution in [0.1, 0.15) is 18.5 Å². The van der Waals surface area contributed by atoms with Crippen molar-refractivity contribution in [2.24, 2.45) is 0 Å². The normalized spacial score (nSPS) is 9.79. The number of carboxylic acids is 1. The number of carboxylic acid groups (broad SMARTS) is 1. The molecule has 0 saturated carbocycles. The van der Waals surface area contributed by atoms with Gasteiger partial charge in [-0.25, -0.2) is 0 Å². The van der Waals surface area contributed by atoms with E-state index in [-0.39, 0.29) is 6.42 Å². The maximum absolute atomic E-state index is 10.2. The van der Waals surface area contributed by atoms with Gasteiger partial charge < -0.3 is 9.84 Å². The molecule has 0 amide bonds. The summed E-state index contributed by atoms with van der Waals surface area (Å²) in [6.45, 7) is 0. The van der Waals surface area contributed by atoms with Crippen molar-refractivity contribution in [1.82, 2.24) is 10.2 Å². The lowest BCUT2D eigenvalue weighted by molar-refractivity contribution is -0.137. The van der Waals surface area contributed by atoms with Crippen LogP contribution >= 0.6 is 0 Å². The molecule has 0 aliphatic heterocycles. The topological polar surface area (TPSA) is 72.3 Å². The zero-order valence-corrected chi connectivity index (χ0v) is 7.93. The minimum atomic E-state index is -0.786. The summed E-state index contributed by atoms with van der Waals surface area (Å²) in [6, 6.07) is 3.50. The van der Waals surface area contributed by atoms with Gasteiger partial charge in [0.1, 0.15) is 0 Å². The van der Waals surface area contributed by atoms with E-state index in [1.807, 2.05) is 0 Å². The molecule has 1 rings (SSSR count). The first-order valence-corrected chi connectivity index (χ1v) is 4.31. The van der Waals surface area contributed by atoms with Gasteiger partial charge in [-0.15, -0.1) is 5.10 Å². The van der Waals surface area contributed by atoms with Gasteiger partial charge in [0.25, 0.3) is 0 Å². The Morgan fingerprint density at radius 2 is 2.29 bits per heavy atom. The van der Waals surface area contributed by atoms with E-state index >= 15 is 0 Å². The van der Waals surface area contributed by atoms with Crippen LogP contribution in [0.5, 0.6) is 5.88 Å². The fourth-order valence-electron chi connectivity index (χ4n) is 1.01. The minimum absolute atomic E-state index is 0.160. The van der Waals surface area contributed by atoms with Gasteiger partial charge in [-0.1, -0.05) is 0 Å². The lowest BCUT2D eigenvalue weighted by Crippen LogP contribution is -1.99. The average molecular weight is 196 g/mol. The van der Waals surface area contributed by atoms with Crippen LogP contribution in [-0.2, 0) is 11.2 Å². The molecular weight excluding hydrogens is 184 g/mol. The molecule has 1 aromatic heterocycles. The van der Waals surface area contributed by atoms with Gasteiger partial charge in [0.05, 0.1) is 12.8 Å². The molecule has 1 N–H and O–H groups in total. The zero-order valence-electron chi connectivity index (χ0n) is 7.93. The van der Waals surface area contributed by atoms with Crippen LogP contribution in [0.4, 0.5) is 0 Å². The second-order valence-electron chi connectivity index (χ2n) is 2.81. The molecule has 0 saturated heterocycles. The molecule has 5 nitrogen and oxygen atoms in total. The molecule has 76 valence electrons. The van der Waals surface area contributed by atoms with Crippen molar-refractivity contribution in [2.75, 3.05) is 7.11 Å². The highest BCUT2D eigenvalue weighted by atomic mass is 16.5. The number of ether oxygens (including phenoxy) is 1. The van der Waals surface area contributed by atoms with Crippen LogP contribution in [0.15, 0.2) is 12.1 Å². The van der Waals surface area contributed by atoms with Crippen molar-refractivity contribution in [2.45, 2.75) is 19.3 Å². The van der Waals surface area contributed by atoms with Gasteiger partial charge in [0.2, 0.25) is 5.88 Å². The fourth-order valence-corrected chi connectivity index (χ4v) is 1.01. The summed E-state index contributed by atoms with van der Waals surface area (Å²) in [5, 5.41) is 16.1. The molecule has 14 heavy (non-hydrogen) atoms. The Balaban J connectivity index is 2.40. The van der Waals surface area contributed by atoms with Gasteiger partial charge in [-0.2, -0.15) is 5.10 Å². The maximum atomic E-state index is 10.2. The Hall–Kier alpha value is -1.65. The molecule has 1 aromatic rings. The van der Waals surface area contributed by atoms with E-state index in [1.54, 1.807) is 12.1 Å². The van der Waals surface area contributed by atoms with Crippen LogP contribution in [0.3, 0.4) is 0 Å². The van der Waals surface area contributed by atoms with Crippen LogP contribution < -0.4 is 4.74 Å². The van der Waals surface area contributed by atoms with Crippen molar-refractivity contribution < 1.29 is 14.6 Å². The number of aromatic nitrogens is 2. The number of aryl methyl sites for hydroxylation is 1. The molecule has 0 aliphatic rings. The Morgan fingerprint density at radius 1 is 1.50 bits per heavy atom. The summed E-state index contributed by atoms with van der Waals surface area (Å²) in [7, 11) is 1.52. The highest BCUT2D eigenvalue weighted by Crippen LogP contribution is 2.06. The number of hydrogen-bond acceptors (Lipinski definition) is 4. The van der Waals surface area contributed by atoms with Gasteiger partial charge >= 0.3 is 5.97 Å². The first kappa shape index (κ1) is 10.4. The van der Waals surface area contributed by atoms with Crippen LogP contribution in [0.2, 0.25) is 0 Å².